The first-order valence-electron chi connectivity index (χ1n) is 6.13. The highest BCUT2D eigenvalue weighted by Crippen LogP contribution is 2.25. The zero-order valence-electron chi connectivity index (χ0n) is 11.0. The van der Waals surface area contributed by atoms with Gasteiger partial charge in [0.1, 0.15) is 0 Å². The Kier molecular flexibility index (Phi) is 2.83. The van der Waals surface area contributed by atoms with Crippen LogP contribution in [0, 0.1) is 6.92 Å². The van der Waals surface area contributed by atoms with E-state index in [1.807, 2.05) is 0 Å². The van der Waals surface area contributed by atoms with Gasteiger partial charge >= 0.3 is 5.97 Å². The van der Waals surface area contributed by atoms with Gasteiger partial charge in [0.2, 0.25) is 0 Å². The van der Waals surface area contributed by atoms with Crippen LogP contribution in [0.4, 0.5) is 0 Å². The van der Waals surface area contributed by atoms with Gasteiger partial charge in [-0.25, -0.2) is 4.79 Å². The third-order valence-electron chi connectivity index (χ3n) is 3.21. The summed E-state index contributed by atoms with van der Waals surface area (Å²) in [4.78, 5) is 36.4. The molecule has 21 heavy (non-hydrogen) atoms. The number of aryl methyl sites for hydroxylation is 1. The number of nitrogens with zero attached hydrogens (tertiary/aromatic N) is 2. The Morgan fingerprint density at radius 2 is 1.95 bits per heavy atom. The molecule has 0 spiro atoms. The zero-order chi connectivity index (χ0) is 15.1. The van der Waals surface area contributed by atoms with E-state index < -0.39 is 17.8 Å². The van der Waals surface area contributed by atoms with E-state index in [-0.39, 0.29) is 23.2 Å². The SMILES string of the molecule is Cc1cc(CN2C(=O)c3ccc(C(=O)O)cc3C2=O)on1. The van der Waals surface area contributed by atoms with Crippen molar-refractivity contribution in [1.82, 2.24) is 10.1 Å². The molecule has 0 unspecified atom stereocenters. The fourth-order valence-corrected chi connectivity index (χ4v) is 2.21. The molecule has 1 aromatic carbocycles. The maximum absolute atomic E-state index is 12.2. The molecule has 0 fully saturated rings. The van der Waals surface area contributed by atoms with Crippen LogP contribution >= 0.6 is 0 Å². The molecule has 0 saturated heterocycles. The number of fused-ring (bicyclic) bond motifs is 1. The molecule has 0 saturated carbocycles. The summed E-state index contributed by atoms with van der Waals surface area (Å²) in [6.07, 6.45) is 0. The Labute approximate surface area is 118 Å². The predicted octanol–water partition coefficient (Wildman–Crippen LogP) is 1.48. The van der Waals surface area contributed by atoms with E-state index in [1.165, 1.54) is 18.2 Å². The molecule has 1 N–H and O–H groups in total. The van der Waals surface area contributed by atoms with Crippen LogP contribution in [0.25, 0.3) is 0 Å². The number of imide groups is 1. The lowest BCUT2D eigenvalue weighted by Gasteiger charge is -2.10. The van der Waals surface area contributed by atoms with E-state index in [0.717, 1.165) is 4.90 Å². The van der Waals surface area contributed by atoms with Gasteiger partial charge in [0, 0.05) is 6.07 Å². The van der Waals surface area contributed by atoms with E-state index in [4.69, 9.17) is 9.63 Å². The van der Waals surface area contributed by atoms with Crippen molar-refractivity contribution in [3.63, 3.8) is 0 Å². The fourth-order valence-electron chi connectivity index (χ4n) is 2.21. The topological polar surface area (TPSA) is 101 Å². The van der Waals surface area contributed by atoms with Crippen molar-refractivity contribution in [2.45, 2.75) is 13.5 Å². The summed E-state index contributed by atoms with van der Waals surface area (Å²) >= 11 is 0. The van der Waals surface area contributed by atoms with Gasteiger partial charge in [-0.2, -0.15) is 0 Å². The van der Waals surface area contributed by atoms with Gasteiger partial charge in [-0.1, -0.05) is 5.16 Å². The number of carbonyl (C=O) groups is 3. The van der Waals surface area contributed by atoms with E-state index >= 15 is 0 Å². The summed E-state index contributed by atoms with van der Waals surface area (Å²) in [7, 11) is 0. The van der Waals surface area contributed by atoms with Gasteiger partial charge in [0.15, 0.2) is 5.76 Å². The van der Waals surface area contributed by atoms with Crippen LogP contribution in [-0.4, -0.2) is 32.9 Å². The first kappa shape index (κ1) is 13.0. The number of carbonyl (C=O) groups excluding carboxylic acids is 2. The van der Waals surface area contributed by atoms with Crippen LogP contribution in [0.5, 0.6) is 0 Å². The number of benzene rings is 1. The maximum Gasteiger partial charge on any atom is 0.335 e. The first-order chi connectivity index (χ1) is 9.97. The minimum absolute atomic E-state index is 0.0322. The van der Waals surface area contributed by atoms with Gasteiger partial charge < -0.3 is 9.63 Å². The highest BCUT2D eigenvalue weighted by molar-refractivity contribution is 6.21. The Morgan fingerprint density at radius 1 is 1.24 bits per heavy atom. The van der Waals surface area contributed by atoms with Crippen molar-refractivity contribution in [2.75, 3.05) is 0 Å². The van der Waals surface area contributed by atoms with Gasteiger partial charge in [-0.05, 0) is 25.1 Å². The highest BCUT2D eigenvalue weighted by Gasteiger charge is 2.36. The summed E-state index contributed by atoms with van der Waals surface area (Å²) in [5.41, 5.74) is 0.902. The normalized spacial score (nSPS) is 13.7. The summed E-state index contributed by atoms with van der Waals surface area (Å²) < 4.78 is 4.99. The van der Waals surface area contributed by atoms with Crippen molar-refractivity contribution < 1.29 is 24.0 Å². The van der Waals surface area contributed by atoms with Crippen molar-refractivity contribution in [3.05, 3.63) is 52.4 Å². The number of carboxylic acid groups (broad SMARTS) is 1. The molecule has 1 aliphatic heterocycles. The predicted molar refractivity (Wildman–Crippen MR) is 68.8 cm³/mol. The molecule has 3 rings (SSSR count). The van der Waals surface area contributed by atoms with E-state index in [1.54, 1.807) is 13.0 Å². The lowest BCUT2D eigenvalue weighted by molar-refractivity contribution is 0.0627. The van der Waals surface area contributed by atoms with Crippen molar-refractivity contribution in [3.8, 4) is 0 Å². The maximum atomic E-state index is 12.2. The monoisotopic (exact) mass is 286 g/mol. The van der Waals surface area contributed by atoms with Gasteiger partial charge in [-0.3, -0.25) is 14.5 Å². The van der Waals surface area contributed by atoms with Crippen molar-refractivity contribution in [1.29, 1.82) is 0 Å². The van der Waals surface area contributed by atoms with Gasteiger partial charge in [-0.15, -0.1) is 0 Å². The number of carboxylic acids is 1. The number of rotatable bonds is 3. The molecule has 2 heterocycles. The number of hydrogen-bond acceptors (Lipinski definition) is 5. The molecule has 1 aliphatic rings. The van der Waals surface area contributed by atoms with E-state index in [2.05, 4.69) is 5.16 Å². The average Bonchev–Trinajstić information content (AvgIpc) is 2.96. The Morgan fingerprint density at radius 3 is 2.57 bits per heavy atom. The second-order valence-electron chi connectivity index (χ2n) is 4.70. The molecule has 1 aromatic heterocycles. The van der Waals surface area contributed by atoms with E-state index in [0.29, 0.717) is 11.5 Å². The Balaban J connectivity index is 1.94. The zero-order valence-corrected chi connectivity index (χ0v) is 11.0. The van der Waals surface area contributed by atoms with Crippen LogP contribution in [0.15, 0.2) is 28.8 Å². The van der Waals surface area contributed by atoms with Crippen molar-refractivity contribution >= 4 is 17.8 Å². The van der Waals surface area contributed by atoms with Crippen LogP contribution < -0.4 is 0 Å². The molecule has 106 valence electrons. The third-order valence-corrected chi connectivity index (χ3v) is 3.21. The van der Waals surface area contributed by atoms with E-state index in [9.17, 15) is 14.4 Å². The average molecular weight is 286 g/mol. The minimum atomic E-state index is -1.15. The van der Waals surface area contributed by atoms with Crippen LogP contribution in [0.2, 0.25) is 0 Å². The van der Waals surface area contributed by atoms with Gasteiger partial charge in [0.05, 0.1) is 28.9 Å². The molecule has 7 nitrogen and oxygen atoms in total. The van der Waals surface area contributed by atoms with Crippen molar-refractivity contribution in [2.24, 2.45) is 0 Å². The number of amides is 2. The molecule has 7 heteroatoms. The van der Waals surface area contributed by atoms with Gasteiger partial charge in [0.25, 0.3) is 11.8 Å². The Bertz CT molecular complexity index is 777. The van der Waals surface area contributed by atoms with Crippen LogP contribution in [-0.2, 0) is 6.54 Å². The fraction of sp³-hybridized carbons (Fsp3) is 0.143. The quantitative estimate of drug-likeness (QED) is 0.857. The molecule has 2 aromatic rings. The second kappa shape index (κ2) is 4.55. The first-order valence-corrected chi connectivity index (χ1v) is 6.13. The number of aromatic nitrogens is 1. The summed E-state index contributed by atoms with van der Waals surface area (Å²) in [6, 6.07) is 5.49. The molecule has 2 amide bonds. The number of aromatic carboxylic acids is 1. The summed E-state index contributed by atoms with van der Waals surface area (Å²) in [5, 5.41) is 12.6. The third kappa shape index (κ3) is 2.08. The number of hydrogen-bond donors (Lipinski definition) is 1. The molecule has 0 aliphatic carbocycles. The largest absolute Gasteiger partial charge is 0.478 e. The van der Waals surface area contributed by atoms with Crippen LogP contribution in [0.1, 0.15) is 42.5 Å². The lowest BCUT2D eigenvalue weighted by atomic mass is 10.1. The highest BCUT2D eigenvalue weighted by atomic mass is 16.5. The molecular formula is C14H10N2O5. The molecule has 0 radical (unpaired) electrons. The second-order valence-corrected chi connectivity index (χ2v) is 4.70. The molecular weight excluding hydrogens is 276 g/mol. The minimum Gasteiger partial charge on any atom is -0.478 e. The lowest BCUT2D eigenvalue weighted by Crippen LogP contribution is -2.28. The molecule has 0 atom stereocenters. The van der Waals surface area contributed by atoms with Crippen LogP contribution in [0.3, 0.4) is 0 Å². The standard InChI is InChI=1S/C14H10N2O5/c1-7-4-9(21-15-7)6-16-12(17)10-3-2-8(14(19)20)5-11(10)13(16)18/h2-5H,6H2,1H3,(H,19,20). The summed E-state index contributed by atoms with van der Waals surface area (Å²) in [5.74, 6) is -1.77. The molecule has 0 bridgehead atoms. The summed E-state index contributed by atoms with van der Waals surface area (Å²) in [6.45, 7) is 1.70. The Hall–Kier alpha value is -2.96. The smallest absolute Gasteiger partial charge is 0.335 e.